The summed E-state index contributed by atoms with van der Waals surface area (Å²) in [5.41, 5.74) is 5.65. The van der Waals surface area contributed by atoms with E-state index in [0.29, 0.717) is 0 Å². The first kappa shape index (κ1) is 12.5. The smallest absolute Gasteiger partial charge is 0.236 e. The number of hydrogen-bond donors (Lipinski definition) is 1. The summed E-state index contributed by atoms with van der Waals surface area (Å²) in [4.78, 5) is 4.29. The maximum Gasteiger partial charge on any atom is 0.236 e. The van der Waals surface area contributed by atoms with Crippen molar-refractivity contribution in [2.75, 3.05) is 5.75 Å². The van der Waals surface area contributed by atoms with E-state index in [2.05, 4.69) is 17.1 Å². The molecule has 0 saturated heterocycles. The van der Waals surface area contributed by atoms with Gasteiger partial charge < -0.3 is 10.3 Å². The van der Waals surface area contributed by atoms with Gasteiger partial charge in [-0.25, -0.2) is 0 Å². The summed E-state index contributed by atoms with van der Waals surface area (Å²) >= 11 is 1.79. The maximum atomic E-state index is 5.65. The fourth-order valence-electron chi connectivity index (χ4n) is 1.10. The molecule has 1 aromatic rings. The molecular weight excluding hydrogens is 210 g/mol. The van der Waals surface area contributed by atoms with Crippen LogP contribution in [0.25, 0.3) is 0 Å². The van der Waals surface area contributed by atoms with Crippen LogP contribution in [0.2, 0.25) is 0 Å². The van der Waals surface area contributed by atoms with Crippen molar-refractivity contribution >= 4 is 11.8 Å². The number of nitrogens with two attached hydrogens (primary N) is 1. The van der Waals surface area contributed by atoms with Crippen LogP contribution in [0.4, 0.5) is 0 Å². The van der Waals surface area contributed by atoms with Crippen molar-refractivity contribution in [3.05, 3.63) is 11.7 Å². The predicted octanol–water partition coefficient (Wildman–Crippen LogP) is 1.99. The summed E-state index contributed by atoms with van der Waals surface area (Å²) in [6, 6.07) is 0.274. The van der Waals surface area contributed by atoms with Gasteiger partial charge in [0.1, 0.15) is 0 Å². The number of rotatable bonds is 7. The highest BCUT2D eigenvalue weighted by molar-refractivity contribution is 7.98. The minimum Gasteiger partial charge on any atom is -0.338 e. The molecule has 0 aliphatic carbocycles. The van der Waals surface area contributed by atoms with Gasteiger partial charge in [0.2, 0.25) is 5.89 Å². The molecule has 5 heteroatoms. The third-order valence-corrected chi connectivity index (χ3v) is 2.90. The van der Waals surface area contributed by atoms with Crippen molar-refractivity contribution in [2.24, 2.45) is 5.73 Å². The van der Waals surface area contributed by atoms with Crippen molar-refractivity contribution in [3.63, 3.8) is 0 Å². The van der Waals surface area contributed by atoms with E-state index < -0.39 is 0 Å². The molecule has 0 aliphatic heterocycles. The molecule has 1 unspecified atom stereocenters. The Kier molecular flexibility index (Phi) is 5.71. The molecule has 1 heterocycles. The van der Waals surface area contributed by atoms with Gasteiger partial charge in [-0.05, 0) is 25.5 Å². The van der Waals surface area contributed by atoms with E-state index in [4.69, 9.17) is 10.3 Å². The van der Waals surface area contributed by atoms with Gasteiger partial charge in [-0.1, -0.05) is 12.1 Å². The Labute approximate surface area is 95.0 Å². The first-order valence-electron chi connectivity index (χ1n) is 5.37. The minimum absolute atomic E-state index is 0.274. The Balaban J connectivity index is 2.19. The molecular formula is C10H19N3OS. The monoisotopic (exact) mass is 229 g/mol. The van der Waals surface area contributed by atoms with E-state index in [-0.39, 0.29) is 6.04 Å². The third-order valence-electron chi connectivity index (χ3n) is 1.93. The second-order valence-electron chi connectivity index (χ2n) is 3.67. The molecule has 0 saturated carbocycles. The zero-order chi connectivity index (χ0) is 11.1. The summed E-state index contributed by atoms with van der Waals surface area (Å²) in [6.07, 6.45) is 2.98. The van der Waals surface area contributed by atoms with Crippen LogP contribution >= 0.6 is 11.8 Å². The normalized spacial score (nSPS) is 13.0. The van der Waals surface area contributed by atoms with Gasteiger partial charge in [-0.15, -0.1) is 0 Å². The largest absolute Gasteiger partial charge is 0.338 e. The molecule has 0 aliphatic rings. The summed E-state index contributed by atoms with van der Waals surface area (Å²) in [5, 5.41) is 3.90. The highest BCUT2D eigenvalue weighted by Gasteiger charge is 2.05. The van der Waals surface area contributed by atoms with E-state index in [9.17, 15) is 0 Å². The highest BCUT2D eigenvalue weighted by atomic mass is 32.2. The number of nitrogens with zero attached hydrogens (tertiary/aromatic N) is 2. The van der Waals surface area contributed by atoms with Crippen LogP contribution in [0, 0.1) is 0 Å². The van der Waals surface area contributed by atoms with Crippen LogP contribution in [0.1, 0.15) is 38.4 Å². The Morgan fingerprint density at radius 2 is 2.33 bits per heavy atom. The number of aromatic nitrogens is 2. The molecule has 2 N–H and O–H groups in total. The van der Waals surface area contributed by atoms with Gasteiger partial charge in [0.05, 0.1) is 5.75 Å². The summed E-state index contributed by atoms with van der Waals surface area (Å²) < 4.78 is 5.11. The molecule has 0 radical (unpaired) electrons. The molecule has 0 spiro atoms. The van der Waals surface area contributed by atoms with Gasteiger partial charge in [-0.2, -0.15) is 16.7 Å². The zero-order valence-corrected chi connectivity index (χ0v) is 10.2. The Bertz CT molecular complexity index is 275. The summed E-state index contributed by atoms with van der Waals surface area (Å²) in [6.45, 7) is 4.13. The van der Waals surface area contributed by atoms with E-state index in [1.165, 1.54) is 0 Å². The van der Waals surface area contributed by atoms with Gasteiger partial charge in [0, 0.05) is 12.5 Å². The number of aryl methyl sites for hydroxylation is 1. The van der Waals surface area contributed by atoms with E-state index in [1.807, 2.05) is 6.92 Å². The summed E-state index contributed by atoms with van der Waals surface area (Å²) in [5.74, 6) is 3.39. The SMILES string of the molecule is CCCc1noc(CSCCC(C)N)n1. The standard InChI is InChI=1S/C10H19N3OS/c1-3-4-9-12-10(14-13-9)7-15-6-5-8(2)11/h8H,3-7,11H2,1-2H3. The fraction of sp³-hybridized carbons (Fsp3) is 0.800. The quantitative estimate of drug-likeness (QED) is 0.724. The first-order valence-corrected chi connectivity index (χ1v) is 6.52. The average molecular weight is 229 g/mol. The molecule has 15 heavy (non-hydrogen) atoms. The zero-order valence-electron chi connectivity index (χ0n) is 9.40. The van der Waals surface area contributed by atoms with Crippen LogP contribution in [-0.2, 0) is 12.2 Å². The second-order valence-corrected chi connectivity index (χ2v) is 4.78. The first-order chi connectivity index (χ1) is 7.22. The van der Waals surface area contributed by atoms with Crippen molar-refractivity contribution in [1.82, 2.24) is 10.1 Å². The topological polar surface area (TPSA) is 64.9 Å². The molecule has 1 aromatic heterocycles. The van der Waals surface area contributed by atoms with Crippen molar-refractivity contribution in [3.8, 4) is 0 Å². The molecule has 0 amide bonds. The Morgan fingerprint density at radius 1 is 1.53 bits per heavy atom. The van der Waals surface area contributed by atoms with Crippen molar-refractivity contribution in [2.45, 2.75) is 44.9 Å². The molecule has 1 rings (SSSR count). The van der Waals surface area contributed by atoms with E-state index in [1.54, 1.807) is 11.8 Å². The second kappa shape index (κ2) is 6.85. The van der Waals surface area contributed by atoms with Gasteiger partial charge in [0.15, 0.2) is 5.82 Å². The van der Waals surface area contributed by atoms with Gasteiger partial charge in [0.25, 0.3) is 0 Å². The minimum atomic E-state index is 0.274. The molecule has 0 bridgehead atoms. The average Bonchev–Trinajstić information content (AvgIpc) is 2.61. The van der Waals surface area contributed by atoms with Crippen LogP contribution in [0.15, 0.2) is 4.52 Å². The van der Waals surface area contributed by atoms with Crippen LogP contribution in [-0.4, -0.2) is 21.9 Å². The maximum absolute atomic E-state index is 5.65. The fourth-order valence-corrected chi connectivity index (χ4v) is 2.08. The van der Waals surface area contributed by atoms with Gasteiger partial charge in [-0.3, -0.25) is 0 Å². The number of hydrogen-bond acceptors (Lipinski definition) is 5. The molecule has 0 aromatic carbocycles. The number of thioether (sulfide) groups is 1. The predicted molar refractivity (Wildman–Crippen MR) is 62.7 cm³/mol. The van der Waals surface area contributed by atoms with Crippen LogP contribution < -0.4 is 5.73 Å². The van der Waals surface area contributed by atoms with Gasteiger partial charge >= 0.3 is 0 Å². The van der Waals surface area contributed by atoms with E-state index in [0.717, 1.165) is 42.5 Å². The molecule has 1 atom stereocenters. The lowest BCUT2D eigenvalue weighted by Gasteiger charge is -2.01. The van der Waals surface area contributed by atoms with Crippen LogP contribution in [0.5, 0.6) is 0 Å². The summed E-state index contributed by atoms with van der Waals surface area (Å²) in [7, 11) is 0. The lowest BCUT2D eigenvalue weighted by molar-refractivity contribution is 0.384. The lowest BCUT2D eigenvalue weighted by atomic mass is 10.3. The van der Waals surface area contributed by atoms with Crippen molar-refractivity contribution in [1.29, 1.82) is 0 Å². The Morgan fingerprint density at radius 3 is 3.00 bits per heavy atom. The van der Waals surface area contributed by atoms with E-state index >= 15 is 0 Å². The highest BCUT2D eigenvalue weighted by Crippen LogP contribution is 2.12. The van der Waals surface area contributed by atoms with Crippen molar-refractivity contribution < 1.29 is 4.52 Å². The molecule has 86 valence electrons. The lowest BCUT2D eigenvalue weighted by Crippen LogP contribution is -2.15. The molecule has 4 nitrogen and oxygen atoms in total. The third kappa shape index (κ3) is 5.18. The molecule has 0 fully saturated rings. The van der Waals surface area contributed by atoms with Crippen LogP contribution in [0.3, 0.4) is 0 Å². The Hall–Kier alpha value is -0.550.